The summed E-state index contributed by atoms with van der Waals surface area (Å²) in [5.74, 6) is 1.66. The van der Waals surface area contributed by atoms with Gasteiger partial charge in [-0.2, -0.15) is 5.10 Å². The highest BCUT2D eigenvalue weighted by Crippen LogP contribution is 2.26. The number of aromatic nitrogens is 2. The number of nitrogens with zero attached hydrogens (tertiary/aromatic N) is 2. The van der Waals surface area contributed by atoms with E-state index >= 15 is 0 Å². The van der Waals surface area contributed by atoms with Crippen molar-refractivity contribution in [2.24, 2.45) is 0 Å². The third-order valence-corrected chi connectivity index (χ3v) is 4.02. The fraction of sp³-hybridized carbons (Fsp3) is 0.250. The van der Waals surface area contributed by atoms with Crippen molar-refractivity contribution in [2.75, 3.05) is 27.2 Å². The highest BCUT2D eigenvalue weighted by molar-refractivity contribution is 5.63. The molecule has 3 aromatic rings. The Morgan fingerprint density at radius 1 is 1.04 bits per heavy atom. The number of H-pyrrole nitrogens is 1. The summed E-state index contributed by atoms with van der Waals surface area (Å²) in [6.45, 7) is 2.82. The Bertz CT molecular complexity index is 768. The molecule has 0 fully saturated rings. The SMILES string of the molecule is CNCCN(C)Cc1cn[nH]c1-c1ccc(Oc2ccccc2)cc1. The Kier molecular flexibility index (Phi) is 5.82. The van der Waals surface area contributed by atoms with Gasteiger partial charge in [0.25, 0.3) is 0 Å². The van der Waals surface area contributed by atoms with Crippen LogP contribution in [0.5, 0.6) is 11.5 Å². The van der Waals surface area contributed by atoms with Crippen LogP contribution >= 0.6 is 0 Å². The molecule has 0 radical (unpaired) electrons. The van der Waals surface area contributed by atoms with Crippen LogP contribution < -0.4 is 10.1 Å². The highest BCUT2D eigenvalue weighted by atomic mass is 16.5. The maximum Gasteiger partial charge on any atom is 0.127 e. The molecule has 130 valence electrons. The van der Waals surface area contributed by atoms with Gasteiger partial charge in [0.1, 0.15) is 11.5 Å². The minimum atomic E-state index is 0.821. The quantitative estimate of drug-likeness (QED) is 0.661. The van der Waals surface area contributed by atoms with Gasteiger partial charge in [0.15, 0.2) is 0 Å². The van der Waals surface area contributed by atoms with Crippen molar-refractivity contribution >= 4 is 0 Å². The van der Waals surface area contributed by atoms with Crippen LogP contribution in [0.2, 0.25) is 0 Å². The predicted octanol–water partition coefficient (Wildman–Crippen LogP) is 3.52. The molecule has 0 bridgehead atoms. The monoisotopic (exact) mass is 336 g/mol. The number of rotatable bonds is 8. The van der Waals surface area contributed by atoms with Gasteiger partial charge in [0.2, 0.25) is 0 Å². The van der Waals surface area contributed by atoms with Crippen molar-refractivity contribution < 1.29 is 4.74 Å². The van der Waals surface area contributed by atoms with Gasteiger partial charge in [-0.15, -0.1) is 0 Å². The summed E-state index contributed by atoms with van der Waals surface area (Å²) in [7, 11) is 4.08. The van der Waals surface area contributed by atoms with Gasteiger partial charge in [-0.1, -0.05) is 18.2 Å². The third kappa shape index (κ3) is 4.68. The molecule has 2 aromatic carbocycles. The Balaban J connectivity index is 1.69. The predicted molar refractivity (Wildman–Crippen MR) is 101 cm³/mol. The number of benzene rings is 2. The van der Waals surface area contributed by atoms with E-state index in [1.54, 1.807) is 0 Å². The summed E-state index contributed by atoms with van der Waals surface area (Å²) in [5, 5.41) is 10.5. The van der Waals surface area contributed by atoms with Gasteiger partial charge in [-0.25, -0.2) is 0 Å². The zero-order valence-corrected chi connectivity index (χ0v) is 14.7. The number of aromatic amines is 1. The molecule has 0 atom stereocenters. The van der Waals surface area contributed by atoms with E-state index < -0.39 is 0 Å². The second-order valence-corrected chi connectivity index (χ2v) is 6.05. The van der Waals surface area contributed by atoms with E-state index in [0.717, 1.165) is 42.4 Å². The highest BCUT2D eigenvalue weighted by Gasteiger charge is 2.10. The molecule has 5 nitrogen and oxygen atoms in total. The zero-order chi connectivity index (χ0) is 17.5. The van der Waals surface area contributed by atoms with E-state index in [9.17, 15) is 0 Å². The summed E-state index contributed by atoms with van der Waals surface area (Å²) in [6.07, 6.45) is 1.90. The molecule has 0 spiro atoms. The van der Waals surface area contributed by atoms with Gasteiger partial charge in [-0.05, 0) is 50.5 Å². The lowest BCUT2D eigenvalue weighted by Gasteiger charge is -2.16. The number of para-hydroxylation sites is 1. The molecular weight excluding hydrogens is 312 g/mol. The first-order chi connectivity index (χ1) is 12.3. The second kappa shape index (κ2) is 8.46. The maximum absolute atomic E-state index is 5.85. The lowest BCUT2D eigenvalue weighted by molar-refractivity contribution is 0.328. The molecule has 0 aliphatic rings. The molecule has 1 heterocycles. The lowest BCUT2D eigenvalue weighted by atomic mass is 10.1. The Morgan fingerprint density at radius 3 is 2.48 bits per heavy atom. The number of hydrogen-bond donors (Lipinski definition) is 2. The van der Waals surface area contributed by atoms with E-state index in [1.807, 2.05) is 55.7 Å². The molecule has 2 N–H and O–H groups in total. The molecule has 1 aromatic heterocycles. The topological polar surface area (TPSA) is 53.2 Å². The summed E-state index contributed by atoms with van der Waals surface area (Å²) < 4.78 is 5.85. The van der Waals surface area contributed by atoms with E-state index in [4.69, 9.17) is 4.74 Å². The zero-order valence-electron chi connectivity index (χ0n) is 14.7. The Labute approximate surface area is 148 Å². The normalized spacial score (nSPS) is 11.0. The largest absolute Gasteiger partial charge is 0.457 e. The molecule has 3 rings (SSSR count). The average Bonchev–Trinajstić information content (AvgIpc) is 3.09. The first-order valence-corrected chi connectivity index (χ1v) is 8.45. The van der Waals surface area contributed by atoms with Crippen LogP contribution in [0.25, 0.3) is 11.3 Å². The van der Waals surface area contributed by atoms with Crippen LogP contribution in [0.15, 0.2) is 60.8 Å². The van der Waals surface area contributed by atoms with Crippen molar-refractivity contribution in [1.82, 2.24) is 20.4 Å². The summed E-state index contributed by atoms with van der Waals surface area (Å²) in [5.41, 5.74) is 3.35. The smallest absolute Gasteiger partial charge is 0.127 e. The molecule has 0 unspecified atom stereocenters. The van der Waals surface area contributed by atoms with Crippen LogP contribution in [0, 0.1) is 0 Å². The number of likely N-dealkylation sites (N-methyl/N-ethyl adjacent to an activating group) is 2. The van der Waals surface area contributed by atoms with Gasteiger partial charge < -0.3 is 15.0 Å². The van der Waals surface area contributed by atoms with Crippen molar-refractivity contribution in [3.05, 3.63) is 66.4 Å². The third-order valence-electron chi connectivity index (χ3n) is 4.02. The molecule has 0 amide bonds. The van der Waals surface area contributed by atoms with E-state index in [1.165, 1.54) is 5.56 Å². The van der Waals surface area contributed by atoms with Crippen molar-refractivity contribution in [3.8, 4) is 22.8 Å². The van der Waals surface area contributed by atoms with Gasteiger partial charge in [-0.3, -0.25) is 5.10 Å². The number of nitrogens with one attached hydrogen (secondary N) is 2. The van der Waals surface area contributed by atoms with E-state index in [2.05, 4.69) is 39.6 Å². The van der Waals surface area contributed by atoms with Crippen LogP contribution in [0.4, 0.5) is 0 Å². The van der Waals surface area contributed by atoms with Crippen molar-refractivity contribution in [1.29, 1.82) is 0 Å². The fourth-order valence-electron chi connectivity index (χ4n) is 2.67. The van der Waals surface area contributed by atoms with Crippen molar-refractivity contribution in [2.45, 2.75) is 6.54 Å². The van der Waals surface area contributed by atoms with E-state index in [0.29, 0.717) is 0 Å². The summed E-state index contributed by atoms with van der Waals surface area (Å²) >= 11 is 0. The standard InChI is InChI=1S/C20H24N4O/c1-21-12-13-24(2)15-17-14-22-23-20(17)16-8-10-19(11-9-16)25-18-6-4-3-5-7-18/h3-11,14,21H,12-13,15H2,1-2H3,(H,22,23). The molecule has 25 heavy (non-hydrogen) atoms. The molecule has 5 heteroatoms. The summed E-state index contributed by atoms with van der Waals surface area (Å²) in [4.78, 5) is 2.28. The van der Waals surface area contributed by atoms with Crippen LogP contribution in [0.1, 0.15) is 5.56 Å². The Morgan fingerprint density at radius 2 is 1.76 bits per heavy atom. The molecule has 0 saturated heterocycles. The first-order valence-electron chi connectivity index (χ1n) is 8.45. The second-order valence-electron chi connectivity index (χ2n) is 6.05. The number of hydrogen-bond acceptors (Lipinski definition) is 4. The van der Waals surface area contributed by atoms with Crippen LogP contribution in [0.3, 0.4) is 0 Å². The summed E-state index contributed by atoms with van der Waals surface area (Å²) in [6, 6.07) is 17.9. The van der Waals surface area contributed by atoms with Crippen LogP contribution in [-0.4, -0.2) is 42.3 Å². The molecular formula is C20H24N4O. The van der Waals surface area contributed by atoms with Gasteiger partial charge >= 0.3 is 0 Å². The van der Waals surface area contributed by atoms with Crippen molar-refractivity contribution in [3.63, 3.8) is 0 Å². The van der Waals surface area contributed by atoms with Crippen LogP contribution in [-0.2, 0) is 6.54 Å². The molecule has 0 aliphatic carbocycles. The minimum Gasteiger partial charge on any atom is -0.457 e. The minimum absolute atomic E-state index is 0.821. The average molecular weight is 336 g/mol. The lowest BCUT2D eigenvalue weighted by Crippen LogP contribution is -2.26. The molecule has 0 aliphatic heterocycles. The first kappa shape index (κ1) is 17.2. The molecule has 0 saturated carbocycles. The fourth-order valence-corrected chi connectivity index (χ4v) is 2.67. The van der Waals surface area contributed by atoms with E-state index in [-0.39, 0.29) is 0 Å². The maximum atomic E-state index is 5.85. The number of ether oxygens (including phenoxy) is 1. The van der Waals surface area contributed by atoms with Gasteiger partial charge in [0, 0.05) is 30.8 Å². The van der Waals surface area contributed by atoms with Gasteiger partial charge in [0.05, 0.1) is 11.9 Å². The Hall–Kier alpha value is -2.63.